The standard InChI is InChI=1S/C12H14N2O/c1-10-7-8-14(13-10)9-12(15)11-5-3-2-4-6-11/h2-8,12,15H,9H2,1H3/t12-/m1/s1. The maximum absolute atomic E-state index is 9.92. The van der Waals surface area contributed by atoms with E-state index in [1.807, 2.05) is 49.5 Å². The Balaban J connectivity index is 2.07. The molecule has 0 spiro atoms. The van der Waals surface area contributed by atoms with Gasteiger partial charge in [0.2, 0.25) is 0 Å². The van der Waals surface area contributed by atoms with Gasteiger partial charge in [0.25, 0.3) is 0 Å². The Morgan fingerprint density at radius 2 is 2.00 bits per heavy atom. The van der Waals surface area contributed by atoms with E-state index in [2.05, 4.69) is 5.10 Å². The fourth-order valence-electron chi connectivity index (χ4n) is 1.52. The summed E-state index contributed by atoms with van der Waals surface area (Å²) >= 11 is 0. The van der Waals surface area contributed by atoms with Crippen molar-refractivity contribution in [3.63, 3.8) is 0 Å². The maximum Gasteiger partial charge on any atom is 0.0985 e. The molecular weight excluding hydrogens is 188 g/mol. The summed E-state index contributed by atoms with van der Waals surface area (Å²) in [4.78, 5) is 0. The highest BCUT2D eigenvalue weighted by atomic mass is 16.3. The van der Waals surface area contributed by atoms with Crippen LogP contribution in [0, 0.1) is 6.92 Å². The molecule has 0 fully saturated rings. The average Bonchev–Trinajstić information content (AvgIpc) is 2.65. The molecule has 3 nitrogen and oxygen atoms in total. The summed E-state index contributed by atoms with van der Waals surface area (Å²) in [6.07, 6.45) is 1.38. The predicted molar refractivity (Wildman–Crippen MR) is 58.4 cm³/mol. The lowest BCUT2D eigenvalue weighted by Crippen LogP contribution is -2.09. The molecule has 1 aromatic heterocycles. The smallest absolute Gasteiger partial charge is 0.0985 e. The highest BCUT2D eigenvalue weighted by molar-refractivity contribution is 5.17. The first-order valence-electron chi connectivity index (χ1n) is 4.99. The molecule has 1 atom stereocenters. The Morgan fingerprint density at radius 3 is 2.60 bits per heavy atom. The van der Waals surface area contributed by atoms with Crippen LogP contribution in [0.25, 0.3) is 0 Å². The SMILES string of the molecule is Cc1ccn(C[C@@H](O)c2ccccc2)n1. The molecule has 0 aliphatic heterocycles. The van der Waals surface area contributed by atoms with Gasteiger partial charge in [-0.05, 0) is 18.6 Å². The molecule has 78 valence electrons. The fourth-order valence-corrected chi connectivity index (χ4v) is 1.52. The number of hydrogen-bond donors (Lipinski definition) is 1. The number of benzene rings is 1. The van der Waals surface area contributed by atoms with E-state index in [0.717, 1.165) is 11.3 Å². The Kier molecular flexibility index (Phi) is 2.83. The van der Waals surface area contributed by atoms with Crippen molar-refractivity contribution in [1.29, 1.82) is 0 Å². The molecule has 2 aromatic rings. The van der Waals surface area contributed by atoms with E-state index in [4.69, 9.17) is 0 Å². The van der Waals surface area contributed by atoms with Crippen molar-refractivity contribution >= 4 is 0 Å². The first kappa shape index (κ1) is 9.93. The van der Waals surface area contributed by atoms with Crippen LogP contribution in [0.3, 0.4) is 0 Å². The molecule has 15 heavy (non-hydrogen) atoms. The van der Waals surface area contributed by atoms with Gasteiger partial charge in [0, 0.05) is 6.20 Å². The van der Waals surface area contributed by atoms with Gasteiger partial charge >= 0.3 is 0 Å². The minimum absolute atomic E-state index is 0.495. The van der Waals surface area contributed by atoms with Crippen LogP contribution in [0.4, 0.5) is 0 Å². The quantitative estimate of drug-likeness (QED) is 0.825. The molecule has 0 saturated heterocycles. The largest absolute Gasteiger partial charge is 0.386 e. The fraction of sp³-hybridized carbons (Fsp3) is 0.250. The van der Waals surface area contributed by atoms with E-state index in [-0.39, 0.29) is 0 Å². The van der Waals surface area contributed by atoms with Gasteiger partial charge in [-0.1, -0.05) is 30.3 Å². The molecule has 0 unspecified atom stereocenters. The van der Waals surface area contributed by atoms with Gasteiger partial charge in [-0.15, -0.1) is 0 Å². The second-order valence-electron chi connectivity index (χ2n) is 3.61. The zero-order valence-electron chi connectivity index (χ0n) is 8.67. The van der Waals surface area contributed by atoms with Gasteiger partial charge in [-0.2, -0.15) is 5.10 Å². The topological polar surface area (TPSA) is 38.0 Å². The normalized spacial score (nSPS) is 12.7. The third-order valence-electron chi connectivity index (χ3n) is 2.32. The van der Waals surface area contributed by atoms with Gasteiger partial charge in [0.05, 0.1) is 18.3 Å². The van der Waals surface area contributed by atoms with Crippen molar-refractivity contribution in [1.82, 2.24) is 9.78 Å². The molecule has 1 heterocycles. The van der Waals surface area contributed by atoms with Crippen molar-refractivity contribution in [2.24, 2.45) is 0 Å². The molecule has 0 aliphatic carbocycles. The molecular formula is C12H14N2O. The summed E-state index contributed by atoms with van der Waals surface area (Å²) in [5.74, 6) is 0. The Hall–Kier alpha value is -1.61. The minimum Gasteiger partial charge on any atom is -0.386 e. The first-order chi connectivity index (χ1) is 7.25. The average molecular weight is 202 g/mol. The molecule has 0 aliphatic rings. The van der Waals surface area contributed by atoms with Crippen LogP contribution in [-0.2, 0) is 6.54 Å². The number of aromatic nitrogens is 2. The van der Waals surface area contributed by atoms with Gasteiger partial charge in [-0.3, -0.25) is 4.68 Å². The summed E-state index contributed by atoms with van der Waals surface area (Å²) in [7, 11) is 0. The minimum atomic E-state index is -0.495. The summed E-state index contributed by atoms with van der Waals surface area (Å²) < 4.78 is 1.76. The van der Waals surface area contributed by atoms with Gasteiger partial charge < -0.3 is 5.11 Å². The number of rotatable bonds is 3. The Bertz CT molecular complexity index is 422. The van der Waals surface area contributed by atoms with Crippen LogP contribution < -0.4 is 0 Å². The van der Waals surface area contributed by atoms with Crippen molar-refractivity contribution < 1.29 is 5.11 Å². The summed E-state index contributed by atoms with van der Waals surface area (Å²) in [6, 6.07) is 11.5. The molecule has 0 saturated carbocycles. The predicted octanol–water partition coefficient (Wildman–Crippen LogP) is 1.93. The Morgan fingerprint density at radius 1 is 1.27 bits per heavy atom. The monoisotopic (exact) mass is 202 g/mol. The molecule has 0 bridgehead atoms. The van der Waals surface area contributed by atoms with Crippen molar-refractivity contribution in [2.45, 2.75) is 19.6 Å². The van der Waals surface area contributed by atoms with Gasteiger partial charge in [0.15, 0.2) is 0 Å². The van der Waals surface area contributed by atoms with E-state index in [1.54, 1.807) is 4.68 Å². The summed E-state index contributed by atoms with van der Waals surface area (Å²) in [6.45, 7) is 2.43. The molecule has 0 amide bonds. The number of aliphatic hydroxyl groups excluding tert-OH is 1. The molecule has 3 heteroatoms. The lowest BCUT2D eigenvalue weighted by atomic mass is 10.1. The van der Waals surface area contributed by atoms with E-state index in [0.29, 0.717) is 6.54 Å². The summed E-state index contributed by atoms with van der Waals surface area (Å²) in [5, 5.41) is 14.2. The molecule has 1 N–H and O–H groups in total. The van der Waals surface area contributed by atoms with Gasteiger partial charge in [-0.25, -0.2) is 0 Å². The lowest BCUT2D eigenvalue weighted by molar-refractivity contribution is 0.151. The van der Waals surface area contributed by atoms with Crippen LogP contribution in [-0.4, -0.2) is 14.9 Å². The third kappa shape index (κ3) is 2.44. The van der Waals surface area contributed by atoms with E-state index in [9.17, 15) is 5.11 Å². The highest BCUT2D eigenvalue weighted by Gasteiger charge is 2.07. The van der Waals surface area contributed by atoms with E-state index in [1.165, 1.54) is 0 Å². The van der Waals surface area contributed by atoms with Crippen molar-refractivity contribution in [2.75, 3.05) is 0 Å². The Labute approximate surface area is 89.0 Å². The van der Waals surface area contributed by atoms with Crippen LogP contribution in [0.15, 0.2) is 42.6 Å². The second-order valence-corrected chi connectivity index (χ2v) is 3.61. The third-order valence-corrected chi connectivity index (χ3v) is 2.32. The molecule has 0 radical (unpaired) electrons. The van der Waals surface area contributed by atoms with Crippen molar-refractivity contribution in [3.05, 3.63) is 53.9 Å². The van der Waals surface area contributed by atoms with Crippen LogP contribution in [0.1, 0.15) is 17.4 Å². The molecule has 1 aromatic carbocycles. The molecule has 2 rings (SSSR count). The number of aryl methyl sites for hydroxylation is 1. The second kappa shape index (κ2) is 4.28. The van der Waals surface area contributed by atoms with E-state index < -0.39 is 6.10 Å². The van der Waals surface area contributed by atoms with Gasteiger partial charge in [0.1, 0.15) is 0 Å². The summed E-state index contributed by atoms with van der Waals surface area (Å²) in [5.41, 5.74) is 1.89. The van der Waals surface area contributed by atoms with E-state index >= 15 is 0 Å². The van der Waals surface area contributed by atoms with Crippen LogP contribution >= 0.6 is 0 Å². The number of aliphatic hydroxyl groups is 1. The van der Waals surface area contributed by atoms with Crippen LogP contribution in [0.5, 0.6) is 0 Å². The van der Waals surface area contributed by atoms with Crippen LogP contribution in [0.2, 0.25) is 0 Å². The highest BCUT2D eigenvalue weighted by Crippen LogP contribution is 2.13. The zero-order valence-corrected chi connectivity index (χ0v) is 8.67. The number of hydrogen-bond acceptors (Lipinski definition) is 2. The first-order valence-corrected chi connectivity index (χ1v) is 4.99. The lowest BCUT2D eigenvalue weighted by Gasteiger charge is -2.10. The maximum atomic E-state index is 9.92. The van der Waals surface area contributed by atoms with Crippen molar-refractivity contribution in [3.8, 4) is 0 Å². The number of nitrogens with zero attached hydrogens (tertiary/aromatic N) is 2. The zero-order chi connectivity index (χ0) is 10.7.